The summed E-state index contributed by atoms with van der Waals surface area (Å²) in [6, 6.07) is 5.19. The minimum Gasteiger partial charge on any atom is -0.478 e. The average Bonchev–Trinajstić information content (AvgIpc) is 2.25. The van der Waals surface area contributed by atoms with E-state index in [0.29, 0.717) is 12.6 Å². The van der Waals surface area contributed by atoms with Crippen molar-refractivity contribution in [3.8, 4) is 18.1 Å². The summed E-state index contributed by atoms with van der Waals surface area (Å²) in [5.41, 5.74) is 0.781. The van der Waals surface area contributed by atoms with Crippen LogP contribution in [0.5, 0.6) is 5.75 Å². The molecule has 1 rings (SSSR count). The summed E-state index contributed by atoms with van der Waals surface area (Å²) in [5.74, 6) is 2.19. The van der Waals surface area contributed by atoms with E-state index in [4.69, 9.17) is 11.2 Å². The first kappa shape index (κ1) is 12.5. The fourth-order valence-corrected chi connectivity index (χ4v) is 1.28. The molecule has 3 heteroatoms. The molecule has 0 heterocycles. The van der Waals surface area contributed by atoms with Gasteiger partial charge in [0.2, 0.25) is 0 Å². The Morgan fingerprint density at radius 2 is 2.25 bits per heavy atom. The van der Waals surface area contributed by atoms with Crippen LogP contribution < -0.4 is 10.1 Å². The lowest BCUT2D eigenvalue weighted by Gasteiger charge is -2.13. The van der Waals surface area contributed by atoms with Crippen molar-refractivity contribution in [1.82, 2.24) is 5.32 Å². The molecule has 0 aliphatic carbocycles. The topological polar surface area (TPSA) is 21.3 Å². The Bertz CT molecular complexity index is 382. The zero-order chi connectivity index (χ0) is 12.0. The van der Waals surface area contributed by atoms with Gasteiger partial charge in [0.25, 0.3) is 0 Å². The summed E-state index contributed by atoms with van der Waals surface area (Å²) in [7, 11) is 0. The normalized spacial score (nSPS) is 10.2. The summed E-state index contributed by atoms with van der Waals surface area (Å²) >= 11 is 0. The molecule has 0 radical (unpaired) electrons. The summed E-state index contributed by atoms with van der Waals surface area (Å²) in [6.45, 7) is 4.70. The maximum absolute atomic E-state index is 13.5. The van der Waals surface area contributed by atoms with Crippen LogP contribution in [0.2, 0.25) is 0 Å². The highest BCUT2D eigenvalue weighted by atomic mass is 19.1. The third-order valence-electron chi connectivity index (χ3n) is 2.05. The lowest BCUT2D eigenvalue weighted by atomic mass is 10.2. The van der Waals surface area contributed by atoms with Gasteiger partial charge in [0.1, 0.15) is 6.61 Å². The Labute approximate surface area is 95.8 Å². The summed E-state index contributed by atoms with van der Waals surface area (Å²) < 4.78 is 18.7. The lowest BCUT2D eigenvalue weighted by molar-refractivity contribution is 0.342. The standard InChI is InChI=1S/C13H16FNO/c1-4-8-16-13-11(9-15-10(2)3)6-5-7-12(13)14/h1,5-7,10,15H,8-9H2,2-3H3. The van der Waals surface area contributed by atoms with Gasteiger partial charge in [-0.2, -0.15) is 0 Å². The first-order valence-corrected chi connectivity index (χ1v) is 5.22. The molecule has 0 aliphatic rings. The SMILES string of the molecule is C#CCOc1c(F)cccc1CNC(C)C. The molecule has 0 spiro atoms. The van der Waals surface area contributed by atoms with E-state index in [-0.39, 0.29) is 18.2 Å². The molecule has 16 heavy (non-hydrogen) atoms. The largest absolute Gasteiger partial charge is 0.478 e. The van der Waals surface area contributed by atoms with Gasteiger partial charge >= 0.3 is 0 Å². The zero-order valence-corrected chi connectivity index (χ0v) is 9.59. The number of benzene rings is 1. The van der Waals surface area contributed by atoms with E-state index in [0.717, 1.165) is 5.56 Å². The van der Waals surface area contributed by atoms with Crippen molar-refractivity contribution in [1.29, 1.82) is 0 Å². The molecule has 0 fully saturated rings. The van der Waals surface area contributed by atoms with Gasteiger partial charge in [0.15, 0.2) is 11.6 Å². The molecular formula is C13H16FNO. The third kappa shape index (κ3) is 3.56. The quantitative estimate of drug-likeness (QED) is 0.770. The highest BCUT2D eigenvalue weighted by Crippen LogP contribution is 2.22. The highest BCUT2D eigenvalue weighted by Gasteiger charge is 2.09. The first-order chi connectivity index (χ1) is 7.65. The van der Waals surface area contributed by atoms with Crippen LogP contribution in [0.3, 0.4) is 0 Å². The predicted molar refractivity (Wildman–Crippen MR) is 62.7 cm³/mol. The number of nitrogens with one attached hydrogen (secondary N) is 1. The van der Waals surface area contributed by atoms with Crippen LogP contribution >= 0.6 is 0 Å². The Balaban J connectivity index is 2.81. The van der Waals surface area contributed by atoms with E-state index in [1.807, 2.05) is 19.9 Å². The third-order valence-corrected chi connectivity index (χ3v) is 2.05. The number of ether oxygens (including phenoxy) is 1. The van der Waals surface area contributed by atoms with Crippen molar-refractivity contribution >= 4 is 0 Å². The average molecular weight is 221 g/mol. The highest BCUT2D eigenvalue weighted by molar-refractivity contribution is 5.35. The molecule has 0 unspecified atom stereocenters. The van der Waals surface area contributed by atoms with Gasteiger partial charge in [-0.05, 0) is 6.07 Å². The zero-order valence-electron chi connectivity index (χ0n) is 9.59. The van der Waals surface area contributed by atoms with Crippen molar-refractivity contribution in [3.05, 3.63) is 29.6 Å². The van der Waals surface area contributed by atoms with Gasteiger partial charge in [-0.25, -0.2) is 4.39 Å². The van der Waals surface area contributed by atoms with Crippen molar-refractivity contribution in [3.63, 3.8) is 0 Å². The smallest absolute Gasteiger partial charge is 0.165 e. The molecule has 0 saturated heterocycles. The van der Waals surface area contributed by atoms with Crippen LogP contribution in [0.4, 0.5) is 4.39 Å². The van der Waals surface area contributed by atoms with Crippen LogP contribution in [0.25, 0.3) is 0 Å². The molecule has 1 aromatic rings. The fourth-order valence-electron chi connectivity index (χ4n) is 1.28. The Morgan fingerprint density at radius 3 is 2.88 bits per heavy atom. The second kappa shape index (κ2) is 6.14. The maximum atomic E-state index is 13.5. The number of terminal acetylenes is 1. The maximum Gasteiger partial charge on any atom is 0.165 e. The van der Waals surface area contributed by atoms with Crippen molar-refractivity contribution in [2.45, 2.75) is 26.4 Å². The number of halogens is 1. The van der Waals surface area contributed by atoms with Crippen LogP contribution in [0.1, 0.15) is 19.4 Å². The van der Waals surface area contributed by atoms with Gasteiger partial charge in [0, 0.05) is 18.2 Å². The molecule has 0 atom stereocenters. The predicted octanol–water partition coefficient (Wildman–Crippen LogP) is 2.34. The van der Waals surface area contributed by atoms with E-state index in [2.05, 4.69) is 11.2 Å². The minimum absolute atomic E-state index is 0.0790. The fraction of sp³-hybridized carbons (Fsp3) is 0.385. The van der Waals surface area contributed by atoms with E-state index in [1.165, 1.54) is 6.07 Å². The van der Waals surface area contributed by atoms with Crippen molar-refractivity contribution in [2.24, 2.45) is 0 Å². The molecular weight excluding hydrogens is 205 g/mol. The molecule has 2 nitrogen and oxygen atoms in total. The molecule has 1 N–H and O–H groups in total. The van der Waals surface area contributed by atoms with E-state index >= 15 is 0 Å². The molecule has 0 saturated carbocycles. The van der Waals surface area contributed by atoms with Crippen LogP contribution in [0, 0.1) is 18.2 Å². The second-order valence-electron chi connectivity index (χ2n) is 3.76. The second-order valence-corrected chi connectivity index (χ2v) is 3.76. The summed E-state index contributed by atoms with van der Waals surface area (Å²) in [5, 5.41) is 3.21. The number of hydrogen-bond acceptors (Lipinski definition) is 2. The van der Waals surface area contributed by atoms with E-state index in [9.17, 15) is 4.39 Å². The van der Waals surface area contributed by atoms with Gasteiger partial charge in [-0.1, -0.05) is 31.9 Å². The van der Waals surface area contributed by atoms with Crippen LogP contribution in [-0.2, 0) is 6.54 Å². The molecule has 0 bridgehead atoms. The molecule has 0 aromatic heterocycles. The van der Waals surface area contributed by atoms with E-state index in [1.54, 1.807) is 6.07 Å². The van der Waals surface area contributed by atoms with Crippen LogP contribution in [-0.4, -0.2) is 12.6 Å². The van der Waals surface area contributed by atoms with Crippen molar-refractivity contribution < 1.29 is 9.13 Å². The minimum atomic E-state index is -0.377. The Morgan fingerprint density at radius 1 is 1.50 bits per heavy atom. The first-order valence-electron chi connectivity index (χ1n) is 5.22. The van der Waals surface area contributed by atoms with Gasteiger partial charge in [-0.3, -0.25) is 0 Å². The Kier molecular flexibility index (Phi) is 4.81. The van der Waals surface area contributed by atoms with E-state index < -0.39 is 0 Å². The van der Waals surface area contributed by atoms with Gasteiger partial charge in [0.05, 0.1) is 0 Å². The number of hydrogen-bond donors (Lipinski definition) is 1. The molecule has 0 aliphatic heterocycles. The van der Waals surface area contributed by atoms with Gasteiger partial charge in [-0.15, -0.1) is 6.42 Å². The monoisotopic (exact) mass is 221 g/mol. The lowest BCUT2D eigenvalue weighted by Crippen LogP contribution is -2.22. The van der Waals surface area contributed by atoms with Crippen molar-refractivity contribution in [2.75, 3.05) is 6.61 Å². The molecule has 0 amide bonds. The number of rotatable bonds is 5. The molecule has 1 aromatic carbocycles. The summed E-state index contributed by atoms with van der Waals surface area (Å²) in [4.78, 5) is 0. The Hall–Kier alpha value is -1.53. The summed E-state index contributed by atoms with van der Waals surface area (Å²) in [6.07, 6.45) is 5.09. The molecule has 86 valence electrons. The van der Waals surface area contributed by atoms with Crippen LogP contribution in [0.15, 0.2) is 18.2 Å². The number of para-hydroxylation sites is 1. The van der Waals surface area contributed by atoms with Gasteiger partial charge < -0.3 is 10.1 Å².